The molecule has 9 nitrogen and oxygen atoms in total. The number of carbonyl (C=O) groups excluding carboxylic acids is 1. The Morgan fingerprint density at radius 2 is 1.78 bits per heavy atom. The summed E-state index contributed by atoms with van der Waals surface area (Å²) in [4.78, 5) is 14.1. The highest BCUT2D eigenvalue weighted by molar-refractivity contribution is 5.78. The van der Waals surface area contributed by atoms with Crippen LogP contribution in [-0.4, -0.2) is 87.1 Å². The van der Waals surface area contributed by atoms with E-state index in [0.29, 0.717) is 29.9 Å². The Morgan fingerprint density at radius 3 is 2.49 bits per heavy atom. The zero-order chi connectivity index (χ0) is 32.8. The van der Waals surface area contributed by atoms with Crippen LogP contribution in [0.2, 0.25) is 0 Å². The van der Waals surface area contributed by atoms with E-state index >= 15 is 0 Å². The van der Waals surface area contributed by atoms with Gasteiger partial charge in [0.15, 0.2) is 5.79 Å². The van der Waals surface area contributed by atoms with E-state index in [1.54, 1.807) is 25.2 Å². The molecule has 4 N–H and O–H groups in total. The topological polar surface area (TPSA) is 135 Å². The van der Waals surface area contributed by atoms with E-state index in [-0.39, 0.29) is 37.4 Å². The summed E-state index contributed by atoms with van der Waals surface area (Å²) >= 11 is 0. The lowest BCUT2D eigenvalue weighted by atomic mass is 9.71. The predicted octanol–water partition coefficient (Wildman–Crippen LogP) is 4.06. The highest BCUT2D eigenvalue weighted by atomic mass is 16.7. The Kier molecular flexibility index (Phi) is 10.0. The maximum absolute atomic E-state index is 14.1. The van der Waals surface area contributed by atoms with Crippen molar-refractivity contribution in [2.75, 3.05) is 6.61 Å². The molecule has 9 heteroatoms. The lowest BCUT2D eigenvalue weighted by Crippen LogP contribution is -2.59. The normalized spacial score (nSPS) is 47.7. The number of esters is 1. The van der Waals surface area contributed by atoms with Crippen LogP contribution in [0.15, 0.2) is 58.7 Å². The maximum Gasteiger partial charge on any atom is 0.316 e. The van der Waals surface area contributed by atoms with Gasteiger partial charge in [-0.1, -0.05) is 64.2 Å². The molecule has 250 valence electrons. The van der Waals surface area contributed by atoms with Crippen LogP contribution in [-0.2, 0) is 23.7 Å². The fraction of sp³-hybridized carbons (Fsp3) is 0.694. The molecule has 12 atom stereocenters. The number of carbonyl (C=O) groups is 1. The number of hydrogen-bond donors (Lipinski definition) is 4. The molecule has 0 saturated carbocycles. The lowest BCUT2D eigenvalue weighted by Gasteiger charge is -2.51. The van der Waals surface area contributed by atoms with Crippen LogP contribution in [0.25, 0.3) is 0 Å². The quantitative estimate of drug-likeness (QED) is 0.264. The molecule has 0 amide bonds. The number of hydrogen-bond acceptors (Lipinski definition) is 9. The Bertz CT molecular complexity index is 1280. The van der Waals surface area contributed by atoms with Gasteiger partial charge in [-0.2, -0.15) is 0 Å². The zero-order valence-corrected chi connectivity index (χ0v) is 27.7. The van der Waals surface area contributed by atoms with Crippen LogP contribution in [0, 0.1) is 23.7 Å². The Balaban J connectivity index is 1.54. The summed E-state index contributed by atoms with van der Waals surface area (Å²) in [5, 5.41) is 45.4. The molecule has 0 aromatic heterocycles. The number of aliphatic hydroxyl groups excluding tert-OH is 3. The Labute approximate surface area is 267 Å². The van der Waals surface area contributed by atoms with E-state index in [4.69, 9.17) is 18.9 Å². The minimum atomic E-state index is -1.81. The fourth-order valence-corrected chi connectivity index (χ4v) is 7.80. The number of allylic oxidation sites excluding steroid dienone is 3. The van der Waals surface area contributed by atoms with E-state index in [2.05, 4.69) is 19.9 Å². The van der Waals surface area contributed by atoms with Crippen LogP contribution in [0.4, 0.5) is 0 Å². The largest absolute Gasteiger partial charge is 0.462 e. The van der Waals surface area contributed by atoms with Gasteiger partial charge >= 0.3 is 5.97 Å². The molecule has 0 aromatic carbocycles. The third kappa shape index (κ3) is 6.68. The second-order valence-electron chi connectivity index (χ2n) is 14.4. The SMILES string of the molecule is CC1=C[C@H]2C(=O)O[C@H]3C[C@@H](C/C=C(\C)[C@@H](O)[C@@H](C)/C=C/C=C4\CO[C@H]([C@@H]1O)[C@@]42O)O[C@]1(C3)C[C@H](O)[C@H](C)C(/C(C)=C/C(C)C)O1. The molecule has 4 aliphatic heterocycles. The molecule has 0 aromatic rings. The van der Waals surface area contributed by atoms with Crippen molar-refractivity contribution in [3.8, 4) is 0 Å². The molecular weight excluding hydrogens is 576 g/mol. The van der Waals surface area contributed by atoms with Crippen molar-refractivity contribution < 1.29 is 44.2 Å². The van der Waals surface area contributed by atoms with Gasteiger partial charge in [0.05, 0.1) is 31.0 Å². The Hall–Kier alpha value is -2.11. The van der Waals surface area contributed by atoms with Crippen molar-refractivity contribution in [3.63, 3.8) is 0 Å². The molecule has 3 fully saturated rings. The van der Waals surface area contributed by atoms with Crippen LogP contribution in [0.3, 0.4) is 0 Å². The van der Waals surface area contributed by atoms with Gasteiger partial charge in [-0.3, -0.25) is 4.79 Å². The lowest BCUT2D eigenvalue weighted by molar-refractivity contribution is -0.342. The van der Waals surface area contributed by atoms with E-state index in [1.807, 2.05) is 39.8 Å². The van der Waals surface area contributed by atoms with Gasteiger partial charge < -0.3 is 39.4 Å². The molecule has 4 heterocycles. The van der Waals surface area contributed by atoms with Crippen LogP contribution >= 0.6 is 0 Å². The third-order valence-corrected chi connectivity index (χ3v) is 10.4. The summed E-state index contributed by atoms with van der Waals surface area (Å²) in [7, 11) is 0. The van der Waals surface area contributed by atoms with Gasteiger partial charge in [-0.25, -0.2) is 0 Å². The molecule has 1 aliphatic carbocycles. The minimum Gasteiger partial charge on any atom is -0.462 e. The summed E-state index contributed by atoms with van der Waals surface area (Å²) in [6.45, 7) is 13.7. The standard InChI is InChI=1S/C36H52O9/c1-19(2)13-23(6)32-24(7)29(37)17-35(45-32)16-27-15-26(44-35)12-11-21(4)30(38)20(3)9-8-10-25-18-42-33-31(39)22(5)14-28(34(40)43-27)36(25,33)41/h8-11,13-14,19-20,24,26-33,37-39,41H,12,15-18H2,1-7H3/b9-8+,21-11+,23-13+,25-10+/t20-,24-,26+,27-,28-,29-,30-,31+,32?,33+,35-,36+/m0/s1. The van der Waals surface area contributed by atoms with E-state index < -0.39 is 59.9 Å². The Morgan fingerprint density at radius 1 is 1.04 bits per heavy atom. The molecule has 0 radical (unpaired) electrons. The molecular formula is C36H52O9. The number of rotatable bonds is 2. The van der Waals surface area contributed by atoms with Crippen molar-refractivity contribution in [1.82, 2.24) is 0 Å². The van der Waals surface area contributed by atoms with Gasteiger partial charge in [0.25, 0.3) is 0 Å². The predicted molar refractivity (Wildman–Crippen MR) is 169 cm³/mol. The van der Waals surface area contributed by atoms with Crippen molar-refractivity contribution in [2.45, 2.75) is 128 Å². The smallest absolute Gasteiger partial charge is 0.316 e. The number of aliphatic hydroxyl groups is 4. The van der Waals surface area contributed by atoms with Crippen LogP contribution in [0.5, 0.6) is 0 Å². The van der Waals surface area contributed by atoms with Crippen molar-refractivity contribution >= 4 is 5.97 Å². The maximum atomic E-state index is 14.1. The monoisotopic (exact) mass is 628 g/mol. The van der Waals surface area contributed by atoms with Gasteiger partial charge in [-0.05, 0) is 55.4 Å². The van der Waals surface area contributed by atoms with Crippen molar-refractivity contribution in [3.05, 3.63) is 58.7 Å². The van der Waals surface area contributed by atoms with Gasteiger partial charge in [0, 0.05) is 31.1 Å². The highest BCUT2D eigenvalue weighted by Gasteiger charge is 2.60. The van der Waals surface area contributed by atoms with Gasteiger partial charge in [0.2, 0.25) is 0 Å². The fourth-order valence-electron chi connectivity index (χ4n) is 7.80. The molecule has 5 rings (SSSR count). The third-order valence-electron chi connectivity index (χ3n) is 10.4. The minimum absolute atomic E-state index is 0.0420. The highest BCUT2D eigenvalue weighted by Crippen LogP contribution is 2.47. The van der Waals surface area contributed by atoms with Gasteiger partial charge in [-0.15, -0.1) is 0 Å². The summed E-state index contributed by atoms with van der Waals surface area (Å²) < 4.78 is 25.6. The molecule has 1 spiro atoms. The first-order valence-electron chi connectivity index (χ1n) is 16.5. The van der Waals surface area contributed by atoms with Crippen LogP contribution in [0.1, 0.15) is 74.1 Å². The molecule has 3 saturated heterocycles. The average molecular weight is 629 g/mol. The van der Waals surface area contributed by atoms with Crippen molar-refractivity contribution in [2.24, 2.45) is 23.7 Å². The second kappa shape index (κ2) is 13.2. The first-order chi connectivity index (χ1) is 21.1. The van der Waals surface area contributed by atoms with Crippen LogP contribution < -0.4 is 0 Å². The molecule has 5 aliphatic rings. The molecule has 2 bridgehead atoms. The molecule has 1 unspecified atom stereocenters. The second-order valence-corrected chi connectivity index (χ2v) is 14.4. The van der Waals surface area contributed by atoms with Crippen molar-refractivity contribution in [1.29, 1.82) is 0 Å². The first-order valence-corrected chi connectivity index (χ1v) is 16.5. The molecule has 45 heavy (non-hydrogen) atoms. The van der Waals surface area contributed by atoms with E-state index in [0.717, 1.165) is 11.1 Å². The zero-order valence-electron chi connectivity index (χ0n) is 27.7. The number of fused-ring (bicyclic) bond motifs is 2. The number of ether oxygens (including phenoxy) is 4. The summed E-state index contributed by atoms with van der Waals surface area (Å²) in [6.07, 6.45) is 7.28. The summed E-state index contributed by atoms with van der Waals surface area (Å²) in [5.74, 6) is -3.02. The van der Waals surface area contributed by atoms with Gasteiger partial charge in [0.1, 0.15) is 29.8 Å². The first kappa shape index (κ1) is 34.2. The van der Waals surface area contributed by atoms with E-state index in [9.17, 15) is 25.2 Å². The average Bonchev–Trinajstić information content (AvgIpc) is 3.31. The summed E-state index contributed by atoms with van der Waals surface area (Å²) in [6, 6.07) is 0. The van der Waals surface area contributed by atoms with E-state index in [1.165, 1.54) is 0 Å². The summed E-state index contributed by atoms with van der Waals surface area (Å²) in [5.41, 5.74) is 0.974.